The van der Waals surface area contributed by atoms with E-state index in [4.69, 9.17) is 5.73 Å². The minimum Gasteiger partial charge on any atom is -0.508 e. The van der Waals surface area contributed by atoms with Crippen LogP contribution in [0.3, 0.4) is 0 Å². The molecule has 210 valence electrons. The molecule has 1 unspecified atom stereocenters. The highest BCUT2D eigenvalue weighted by Crippen LogP contribution is 2.54. The number of hydrogen-bond acceptors (Lipinski definition) is 9. The van der Waals surface area contributed by atoms with E-state index in [-0.39, 0.29) is 36.1 Å². The normalized spacial score (nSPS) is 24.1. The molecule has 10 heteroatoms. The number of carbonyl (C=O) groups is 3. The van der Waals surface area contributed by atoms with Crippen molar-refractivity contribution >= 4 is 28.9 Å². The van der Waals surface area contributed by atoms with Crippen LogP contribution in [-0.2, 0) is 27.3 Å². The van der Waals surface area contributed by atoms with Gasteiger partial charge in [-0.05, 0) is 61.7 Å². The zero-order valence-electron chi connectivity index (χ0n) is 22.9. The minimum atomic E-state index is -2.59. The van der Waals surface area contributed by atoms with Crippen molar-refractivity contribution in [1.82, 2.24) is 4.90 Å². The van der Waals surface area contributed by atoms with Crippen molar-refractivity contribution in [2.24, 2.45) is 17.6 Å². The van der Waals surface area contributed by atoms with Crippen LogP contribution in [0, 0.1) is 11.8 Å². The molecule has 3 aliphatic carbocycles. The van der Waals surface area contributed by atoms with Crippen molar-refractivity contribution in [2.45, 2.75) is 31.4 Å². The lowest BCUT2D eigenvalue weighted by Gasteiger charge is -2.46. The topological polar surface area (TPSA) is 165 Å². The van der Waals surface area contributed by atoms with Crippen molar-refractivity contribution in [3.05, 3.63) is 63.9 Å². The minimum absolute atomic E-state index is 0.0753. The summed E-state index contributed by atoms with van der Waals surface area (Å²) in [5.41, 5.74) is 5.34. The number of phenols is 1. The number of ketones is 2. The predicted octanol–water partition coefficient (Wildman–Crippen LogP) is 2.22. The van der Waals surface area contributed by atoms with Gasteiger partial charge in [0.1, 0.15) is 22.8 Å². The molecule has 3 atom stereocenters. The van der Waals surface area contributed by atoms with Crippen molar-refractivity contribution < 1.29 is 34.8 Å². The number of fused-ring (bicyclic) bond motifs is 3. The molecule has 6 N–H and O–H groups in total. The van der Waals surface area contributed by atoms with Crippen molar-refractivity contribution in [2.75, 3.05) is 33.1 Å². The second kappa shape index (κ2) is 9.50. The molecule has 10 nitrogen and oxygen atoms in total. The van der Waals surface area contributed by atoms with Gasteiger partial charge in [0.15, 0.2) is 11.4 Å². The molecule has 1 fully saturated rings. The van der Waals surface area contributed by atoms with E-state index in [0.717, 1.165) is 11.3 Å². The van der Waals surface area contributed by atoms with Crippen LogP contribution in [0.1, 0.15) is 29.5 Å². The van der Waals surface area contributed by atoms with Gasteiger partial charge in [0.2, 0.25) is 5.78 Å². The number of aliphatic hydroxyl groups excluding tert-OH is 2. The number of phenolic OH excluding ortho intramolecular Hbond substituents is 1. The number of nitrogens with zero attached hydrogens (tertiary/aromatic N) is 2. The van der Waals surface area contributed by atoms with Gasteiger partial charge in [-0.25, -0.2) is 0 Å². The van der Waals surface area contributed by atoms with E-state index < -0.39 is 52.0 Å². The number of rotatable bonds is 5. The van der Waals surface area contributed by atoms with Gasteiger partial charge in [-0.2, -0.15) is 0 Å². The highest BCUT2D eigenvalue weighted by Gasteiger charge is 2.60. The fourth-order valence-corrected chi connectivity index (χ4v) is 6.49. The maximum absolute atomic E-state index is 13.8. The predicted molar refractivity (Wildman–Crippen MR) is 149 cm³/mol. The van der Waals surface area contributed by atoms with Crippen LogP contribution in [0.2, 0.25) is 0 Å². The van der Waals surface area contributed by atoms with E-state index in [1.807, 2.05) is 68.3 Å². The first-order valence-corrected chi connectivity index (χ1v) is 13.0. The molecular formula is C30H33N3O7. The quantitative estimate of drug-likeness (QED) is 0.353. The summed E-state index contributed by atoms with van der Waals surface area (Å²) in [7, 11) is 7.59. The lowest BCUT2D eigenvalue weighted by molar-refractivity contribution is -0.147. The molecule has 1 amide bonds. The highest BCUT2D eigenvalue weighted by atomic mass is 16.3. The average molecular weight is 548 g/mol. The summed E-state index contributed by atoms with van der Waals surface area (Å²) in [5, 5.41) is 45.4. The SMILES string of the molecule is CN(C)Cc1cccc(-c2cc(N(C)C)c3c(c2O)C(O)=C2C(=O)[C@]4(O)C(O)=C(C(N)=O)C(=O)C[C@@H]4CC2C3)c1. The summed E-state index contributed by atoms with van der Waals surface area (Å²) in [6, 6.07) is 9.50. The van der Waals surface area contributed by atoms with E-state index in [2.05, 4.69) is 0 Å². The van der Waals surface area contributed by atoms with Gasteiger partial charge < -0.3 is 36.0 Å². The van der Waals surface area contributed by atoms with Crippen molar-refractivity contribution in [3.8, 4) is 16.9 Å². The Kier molecular flexibility index (Phi) is 6.51. The molecule has 0 spiro atoms. The molecule has 0 bridgehead atoms. The maximum Gasteiger partial charge on any atom is 0.255 e. The van der Waals surface area contributed by atoms with Crippen molar-refractivity contribution in [1.29, 1.82) is 0 Å². The Morgan fingerprint density at radius 1 is 1.07 bits per heavy atom. The first-order valence-electron chi connectivity index (χ1n) is 13.0. The van der Waals surface area contributed by atoms with E-state index in [1.54, 1.807) is 0 Å². The molecule has 0 aliphatic heterocycles. The molecule has 40 heavy (non-hydrogen) atoms. The van der Waals surface area contributed by atoms with Crippen LogP contribution in [0.25, 0.3) is 16.9 Å². The van der Waals surface area contributed by atoms with E-state index >= 15 is 0 Å². The van der Waals surface area contributed by atoms with Gasteiger partial charge in [-0.1, -0.05) is 18.2 Å². The summed E-state index contributed by atoms with van der Waals surface area (Å²) in [4.78, 5) is 42.2. The van der Waals surface area contributed by atoms with E-state index in [9.17, 15) is 34.8 Å². The Labute approximate surface area is 231 Å². The molecule has 1 saturated carbocycles. The molecule has 0 aromatic heterocycles. The standard InChI is InChI=1S/C30H33N3O7/c1-32(2)13-14-6-5-7-15(8-14)18-12-20(33(3)4)19-10-16-9-17-11-21(34)24(29(31)39)28(38)30(17,40)27(37)22(16)26(36)23(19)25(18)35/h5-8,12,16-17,35-36,38,40H,9-11,13H2,1-4H3,(H2,31,39)/t16?,17-,30-/m0/s1. The summed E-state index contributed by atoms with van der Waals surface area (Å²) in [6.07, 6.45) is -0.0166. The number of benzene rings is 2. The number of aromatic hydroxyl groups is 1. The van der Waals surface area contributed by atoms with Crippen molar-refractivity contribution in [3.63, 3.8) is 0 Å². The molecule has 0 radical (unpaired) electrons. The van der Waals surface area contributed by atoms with E-state index in [1.165, 1.54) is 0 Å². The first-order chi connectivity index (χ1) is 18.8. The van der Waals surface area contributed by atoms with Crippen LogP contribution >= 0.6 is 0 Å². The fraction of sp³-hybridized carbons (Fsp3) is 0.367. The van der Waals surface area contributed by atoms with Gasteiger partial charge in [0.05, 0.1) is 5.56 Å². The Bertz CT molecular complexity index is 1540. The second-order valence-corrected chi connectivity index (χ2v) is 11.4. The zero-order valence-corrected chi connectivity index (χ0v) is 22.9. The molecule has 3 aliphatic rings. The monoisotopic (exact) mass is 547 g/mol. The van der Waals surface area contributed by atoms with E-state index in [0.29, 0.717) is 23.2 Å². The number of anilines is 1. The third kappa shape index (κ3) is 3.98. The van der Waals surface area contributed by atoms with Crippen LogP contribution in [0.15, 0.2) is 47.2 Å². The Morgan fingerprint density at radius 3 is 2.40 bits per heavy atom. The number of carbonyl (C=O) groups excluding carboxylic acids is 3. The van der Waals surface area contributed by atoms with Gasteiger partial charge in [0, 0.05) is 49.8 Å². The number of nitrogens with two attached hydrogens (primary N) is 1. The van der Waals surface area contributed by atoms with Crippen LogP contribution in [0.5, 0.6) is 5.75 Å². The van der Waals surface area contributed by atoms with Crippen LogP contribution in [-0.4, -0.2) is 76.6 Å². The number of primary amides is 1. The molecule has 2 aromatic rings. The third-order valence-electron chi connectivity index (χ3n) is 8.26. The fourth-order valence-electron chi connectivity index (χ4n) is 6.49. The molecule has 0 heterocycles. The Hall–Kier alpha value is -4.15. The third-order valence-corrected chi connectivity index (χ3v) is 8.26. The summed E-state index contributed by atoms with van der Waals surface area (Å²) >= 11 is 0. The highest BCUT2D eigenvalue weighted by molar-refractivity contribution is 6.22. The molecular weight excluding hydrogens is 514 g/mol. The Balaban J connectivity index is 1.72. The largest absolute Gasteiger partial charge is 0.508 e. The number of hydrogen-bond donors (Lipinski definition) is 5. The lowest BCUT2D eigenvalue weighted by atomic mass is 9.59. The number of aliphatic hydroxyl groups is 3. The van der Waals surface area contributed by atoms with Crippen LogP contribution in [0.4, 0.5) is 5.69 Å². The summed E-state index contributed by atoms with van der Waals surface area (Å²) in [5.74, 6) is -6.39. The second-order valence-electron chi connectivity index (χ2n) is 11.4. The Morgan fingerprint density at radius 2 is 1.77 bits per heavy atom. The van der Waals surface area contributed by atoms with Gasteiger partial charge in [-0.3, -0.25) is 14.4 Å². The zero-order chi connectivity index (χ0) is 29.3. The molecule has 0 saturated heterocycles. The van der Waals surface area contributed by atoms with Crippen LogP contribution < -0.4 is 10.6 Å². The summed E-state index contributed by atoms with van der Waals surface area (Å²) < 4.78 is 0. The first kappa shape index (κ1) is 27.4. The number of Topliss-reactive ketones (excluding diaryl/α,β-unsaturated/α-hetero) is 2. The van der Waals surface area contributed by atoms with Gasteiger partial charge >= 0.3 is 0 Å². The molecule has 2 aromatic carbocycles. The number of amides is 1. The lowest BCUT2D eigenvalue weighted by Crippen LogP contribution is -2.58. The summed E-state index contributed by atoms with van der Waals surface area (Å²) in [6.45, 7) is 0.679. The van der Waals surface area contributed by atoms with Gasteiger partial charge in [0.25, 0.3) is 5.91 Å². The molecule has 5 rings (SSSR count). The maximum atomic E-state index is 13.8. The smallest absolute Gasteiger partial charge is 0.255 e. The van der Waals surface area contributed by atoms with Gasteiger partial charge in [-0.15, -0.1) is 0 Å². The average Bonchev–Trinajstić information content (AvgIpc) is 2.85.